The van der Waals surface area contributed by atoms with E-state index < -0.39 is 11.7 Å². The highest BCUT2D eigenvalue weighted by molar-refractivity contribution is 5.31. The normalized spacial score (nSPS) is 20.8. The summed E-state index contributed by atoms with van der Waals surface area (Å²) < 4.78 is 0. The maximum Gasteiger partial charge on any atom is 0.0908 e. The Bertz CT molecular complexity index is 417. The molecule has 1 atom stereocenters. The van der Waals surface area contributed by atoms with Crippen molar-refractivity contribution in [2.75, 3.05) is 0 Å². The van der Waals surface area contributed by atoms with E-state index in [9.17, 15) is 10.2 Å². The van der Waals surface area contributed by atoms with Crippen LogP contribution in [0.5, 0.6) is 0 Å². The second-order valence-corrected chi connectivity index (χ2v) is 6.17. The van der Waals surface area contributed by atoms with E-state index in [1.807, 2.05) is 0 Å². The standard InChI is InChI=1S/C17H26O2/c1-13-7-8-14(2)15(11-13)12-16(18)17(19)9-5-3-4-6-10-17/h7-8,11,16,18-19H,3-6,9-10,12H2,1-2H3. The van der Waals surface area contributed by atoms with Crippen LogP contribution in [0, 0.1) is 13.8 Å². The van der Waals surface area contributed by atoms with E-state index >= 15 is 0 Å². The summed E-state index contributed by atoms with van der Waals surface area (Å²) in [6, 6.07) is 6.30. The summed E-state index contributed by atoms with van der Waals surface area (Å²) in [5.41, 5.74) is 2.68. The number of benzene rings is 1. The van der Waals surface area contributed by atoms with Crippen molar-refractivity contribution >= 4 is 0 Å². The Morgan fingerprint density at radius 2 is 1.74 bits per heavy atom. The number of aliphatic hydroxyl groups is 2. The fourth-order valence-electron chi connectivity index (χ4n) is 3.09. The number of hydrogen-bond donors (Lipinski definition) is 2. The molecular weight excluding hydrogens is 236 g/mol. The molecule has 106 valence electrons. The van der Waals surface area contributed by atoms with Gasteiger partial charge in [0.2, 0.25) is 0 Å². The van der Waals surface area contributed by atoms with E-state index in [-0.39, 0.29) is 0 Å². The zero-order valence-electron chi connectivity index (χ0n) is 12.2. The highest BCUT2D eigenvalue weighted by Crippen LogP contribution is 2.31. The van der Waals surface area contributed by atoms with Gasteiger partial charge in [-0.1, -0.05) is 49.4 Å². The molecule has 1 unspecified atom stereocenters. The predicted molar refractivity (Wildman–Crippen MR) is 78.3 cm³/mol. The van der Waals surface area contributed by atoms with Gasteiger partial charge in [0.15, 0.2) is 0 Å². The van der Waals surface area contributed by atoms with Gasteiger partial charge in [0.1, 0.15) is 0 Å². The van der Waals surface area contributed by atoms with Gasteiger partial charge in [0.05, 0.1) is 11.7 Å². The van der Waals surface area contributed by atoms with Crippen molar-refractivity contribution in [3.05, 3.63) is 34.9 Å². The average molecular weight is 262 g/mol. The Morgan fingerprint density at radius 3 is 2.37 bits per heavy atom. The van der Waals surface area contributed by atoms with Crippen molar-refractivity contribution in [1.82, 2.24) is 0 Å². The second kappa shape index (κ2) is 6.06. The molecule has 0 aromatic heterocycles. The van der Waals surface area contributed by atoms with Gasteiger partial charge in [0, 0.05) is 6.42 Å². The molecule has 1 aliphatic rings. The molecule has 1 fully saturated rings. The van der Waals surface area contributed by atoms with Crippen LogP contribution in [0.2, 0.25) is 0 Å². The Kier molecular flexibility index (Phi) is 4.64. The monoisotopic (exact) mass is 262 g/mol. The molecule has 2 heteroatoms. The second-order valence-electron chi connectivity index (χ2n) is 6.17. The summed E-state index contributed by atoms with van der Waals surface area (Å²) in [6.07, 6.45) is 5.80. The summed E-state index contributed by atoms with van der Waals surface area (Å²) in [4.78, 5) is 0. The molecular formula is C17H26O2. The van der Waals surface area contributed by atoms with Crippen molar-refractivity contribution in [2.45, 2.75) is 70.5 Å². The third-order valence-corrected chi connectivity index (χ3v) is 4.51. The largest absolute Gasteiger partial charge is 0.390 e. The predicted octanol–water partition coefficient (Wildman–Crippen LogP) is 3.29. The fourth-order valence-corrected chi connectivity index (χ4v) is 3.09. The van der Waals surface area contributed by atoms with Gasteiger partial charge in [-0.2, -0.15) is 0 Å². The van der Waals surface area contributed by atoms with E-state index in [0.29, 0.717) is 6.42 Å². The summed E-state index contributed by atoms with van der Waals surface area (Å²) in [5.74, 6) is 0. The first kappa shape index (κ1) is 14.5. The lowest BCUT2D eigenvalue weighted by atomic mass is 9.84. The molecule has 0 aliphatic heterocycles. The molecule has 1 aromatic carbocycles. The molecule has 2 nitrogen and oxygen atoms in total. The SMILES string of the molecule is Cc1ccc(C)c(CC(O)C2(O)CCCCCC2)c1. The molecule has 0 amide bonds. The lowest BCUT2D eigenvalue weighted by molar-refractivity contribution is -0.0837. The van der Waals surface area contributed by atoms with Gasteiger partial charge in [0.25, 0.3) is 0 Å². The lowest BCUT2D eigenvalue weighted by Gasteiger charge is -2.32. The fraction of sp³-hybridized carbons (Fsp3) is 0.647. The van der Waals surface area contributed by atoms with E-state index in [2.05, 4.69) is 32.0 Å². The van der Waals surface area contributed by atoms with Crippen LogP contribution in [-0.4, -0.2) is 21.9 Å². The van der Waals surface area contributed by atoms with Crippen molar-refractivity contribution in [1.29, 1.82) is 0 Å². The molecule has 1 saturated carbocycles. The van der Waals surface area contributed by atoms with Gasteiger partial charge in [-0.15, -0.1) is 0 Å². The van der Waals surface area contributed by atoms with Crippen LogP contribution in [0.3, 0.4) is 0 Å². The number of aliphatic hydroxyl groups excluding tert-OH is 1. The Labute approximate surface area is 116 Å². The van der Waals surface area contributed by atoms with Gasteiger partial charge in [-0.25, -0.2) is 0 Å². The highest BCUT2D eigenvalue weighted by atomic mass is 16.3. The Hall–Kier alpha value is -0.860. The maximum absolute atomic E-state index is 10.7. The summed E-state index contributed by atoms with van der Waals surface area (Å²) in [7, 11) is 0. The number of rotatable bonds is 3. The third kappa shape index (κ3) is 3.58. The van der Waals surface area contributed by atoms with E-state index in [1.165, 1.54) is 24.0 Å². The summed E-state index contributed by atoms with van der Waals surface area (Å²) in [5, 5.41) is 21.2. The minimum absolute atomic E-state index is 0.560. The van der Waals surface area contributed by atoms with Crippen molar-refractivity contribution in [3.8, 4) is 0 Å². The number of hydrogen-bond acceptors (Lipinski definition) is 2. The first-order valence-electron chi connectivity index (χ1n) is 7.48. The zero-order valence-corrected chi connectivity index (χ0v) is 12.2. The molecule has 0 bridgehead atoms. The highest BCUT2D eigenvalue weighted by Gasteiger charge is 2.35. The van der Waals surface area contributed by atoms with Crippen molar-refractivity contribution in [3.63, 3.8) is 0 Å². The molecule has 2 rings (SSSR count). The Morgan fingerprint density at radius 1 is 1.11 bits per heavy atom. The molecule has 1 aromatic rings. The lowest BCUT2D eigenvalue weighted by Crippen LogP contribution is -2.43. The molecule has 0 saturated heterocycles. The quantitative estimate of drug-likeness (QED) is 0.821. The van der Waals surface area contributed by atoms with Crippen LogP contribution in [0.25, 0.3) is 0 Å². The van der Waals surface area contributed by atoms with Crippen LogP contribution < -0.4 is 0 Å². The van der Waals surface area contributed by atoms with E-state index in [1.54, 1.807) is 0 Å². The van der Waals surface area contributed by atoms with Gasteiger partial charge in [-0.05, 0) is 37.8 Å². The summed E-state index contributed by atoms with van der Waals surface area (Å²) in [6.45, 7) is 4.13. The molecule has 1 aliphatic carbocycles. The minimum atomic E-state index is -0.882. The van der Waals surface area contributed by atoms with Crippen LogP contribution in [0.1, 0.15) is 55.2 Å². The Balaban J connectivity index is 2.10. The van der Waals surface area contributed by atoms with E-state index in [4.69, 9.17) is 0 Å². The average Bonchev–Trinajstić information content (AvgIpc) is 2.60. The molecule has 0 radical (unpaired) electrons. The van der Waals surface area contributed by atoms with Gasteiger partial charge in [-0.3, -0.25) is 0 Å². The van der Waals surface area contributed by atoms with Crippen LogP contribution in [0.4, 0.5) is 0 Å². The third-order valence-electron chi connectivity index (χ3n) is 4.51. The minimum Gasteiger partial charge on any atom is -0.390 e. The van der Waals surface area contributed by atoms with Crippen LogP contribution in [0.15, 0.2) is 18.2 Å². The molecule has 0 spiro atoms. The zero-order chi connectivity index (χ0) is 13.9. The van der Waals surface area contributed by atoms with Crippen molar-refractivity contribution in [2.24, 2.45) is 0 Å². The van der Waals surface area contributed by atoms with Gasteiger partial charge >= 0.3 is 0 Å². The summed E-state index contributed by atoms with van der Waals surface area (Å²) >= 11 is 0. The molecule has 0 heterocycles. The topological polar surface area (TPSA) is 40.5 Å². The van der Waals surface area contributed by atoms with Crippen LogP contribution >= 0.6 is 0 Å². The first-order chi connectivity index (χ1) is 9.01. The van der Waals surface area contributed by atoms with Crippen molar-refractivity contribution < 1.29 is 10.2 Å². The maximum atomic E-state index is 10.7. The first-order valence-corrected chi connectivity index (χ1v) is 7.48. The van der Waals surface area contributed by atoms with E-state index in [0.717, 1.165) is 31.2 Å². The molecule has 19 heavy (non-hydrogen) atoms. The number of aryl methyl sites for hydroxylation is 2. The smallest absolute Gasteiger partial charge is 0.0908 e. The molecule has 2 N–H and O–H groups in total. The van der Waals surface area contributed by atoms with Gasteiger partial charge < -0.3 is 10.2 Å². The van der Waals surface area contributed by atoms with Crippen LogP contribution in [-0.2, 0) is 6.42 Å².